The molecule has 0 unspecified atom stereocenters. The van der Waals surface area contributed by atoms with Gasteiger partial charge in [-0.2, -0.15) is 0 Å². The molecule has 1 aliphatic rings. The van der Waals surface area contributed by atoms with E-state index in [0.29, 0.717) is 11.7 Å². The van der Waals surface area contributed by atoms with Crippen molar-refractivity contribution < 1.29 is 4.79 Å². The minimum absolute atomic E-state index is 0.304. The van der Waals surface area contributed by atoms with Crippen LogP contribution >= 0.6 is 0 Å². The molecule has 1 N–H and O–H groups in total. The molecule has 0 aromatic carbocycles. The summed E-state index contributed by atoms with van der Waals surface area (Å²) < 4.78 is 0. The normalized spacial score (nSPS) is 28.6. The summed E-state index contributed by atoms with van der Waals surface area (Å²) in [6, 6.07) is 0. The summed E-state index contributed by atoms with van der Waals surface area (Å²) in [7, 11) is 0. The average Bonchev–Trinajstić information content (AvgIpc) is 1.89. The van der Waals surface area contributed by atoms with Gasteiger partial charge in [0.15, 0.2) is 0 Å². The van der Waals surface area contributed by atoms with Crippen LogP contribution in [-0.2, 0) is 4.79 Å². The number of ketones is 1. The molecule has 1 fully saturated rings. The van der Waals surface area contributed by atoms with Crippen molar-refractivity contribution in [3.63, 3.8) is 0 Å². The van der Waals surface area contributed by atoms with E-state index in [9.17, 15) is 4.79 Å². The van der Waals surface area contributed by atoms with Gasteiger partial charge in [-0.3, -0.25) is 4.79 Å². The molecule has 1 heterocycles. The van der Waals surface area contributed by atoms with Crippen molar-refractivity contribution in [2.45, 2.75) is 19.8 Å². The highest BCUT2D eigenvalue weighted by Crippen LogP contribution is 2.08. The minimum Gasteiger partial charge on any atom is -0.316 e. The molecule has 1 aliphatic heterocycles. The van der Waals surface area contributed by atoms with E-state index >= 15 is 0 Å². The monoisotopic (exact) mass is 127 g/mol. The van der Waals surface area contributed by atoms with Crippen LogP contribution in [0.5, 0.6) is 0 Å². The number of carbonyl (C=O) groups excluding carboxylic acids is 1. The van der Waals surface area contributed by atoms with Crippen molar-refractivity contribution in [3.05, 3.63) is 0 Å². The fraction of sp³-hybridized carbons (Fsp3) is 0.857. The van der Waals surface area contributed by atoms with Gasteiger partial charge in [0.25, 0.3) is 0 Å². The second kappa shape index (κ2) is 2.97. The minimum atomic E-state index is 0.304. The molecule has 0 aromatic heterocycles. The lowest BCUT2D eigenvalue weighted by atomic mass is 9.96. The van der Waals surface area contributed by atoms with Gasteiger partial charge in [-0.15, -0.1) is 0 Å². The van der Waals surface area contributed by atoms with Gasteiger partial charge >= 0.3 is 0 Å². The van der Waals surface area contributed by atoms with Crippen LogP contribution in [0.2, 0.25) is 0 Å². The van der Waals surface area contributed by atoms with Crippen LogP contribution in [0.1, 0.15) is 19.8 Å². The molecule has 52 valence electrons. The molecule has 0 aromatic rings. The van der Waals surface area contributed by atoms with Gasteiger partial charge in [0.2, 0.25) is 0 Å². The lowest BCUT2D eigenvalue weighted by Gasteiger charge is -2.19. The molecule has 1 atom stereocenters. The van der Waals surface area contributed by atoms with E-state index in [-0.39, 0.29) is 0 Å². The number of hydrogen-bond donors (Lipinski definition) is 1. The third kappa shape index (κ3) is 1.52. The van der Waals surface area contributed by atoms with Crippen molar-refractivity contribution in [1.82, 2.24) is 5.32 Å². The number of carbonyl (C=O) groups is 1. The van der Waals surface area contributed by atoms with Gasteiger partial charge in [0, 0.05) is 25.4 Å². The lowest BCUT2D eigenvalue weighted by molar-refractivity contribution is -0.123. The molecule has 1 rings (SSSR count). The van der Waals surface area contributed by atoms with Gasteiger partial charge in [-0.25, -0.2) is 0 Å². The SMILES string of the molecule is CC[C@@H]1CNCCC1=O. The Labute approximate surface area is 55.6 Å². The highest BCUT2D eigenvalue weighted by Gasteiger charge is 2.18. The van der Waals surface area contributed by atoms with E-state index in [1.165, 1.54) is 0 Å². The van der Waals surface area contributed by atoms with Crippen LogP contribution < -0.4 is 5.32 Å². The number of nitrogens with one attached hydrogen (secondary N) is 1. The third-order valence-corrected chi connectivity index (χ3v) is 1.89. The number of Topliss-reactive ketones (excluding diaryl/α,β-unsaturated/α-hetero) is 1. The molecule has 2 nitrogen and oxygen atoms in total. The fourth-order valence-electron chi connectivity index (χ4n) is 1.18. The Morgan fingerprint density at radius 1 is 1.78 bits per heavy atom. The van der Waals surface area contributed by atoms with Crippen molar-refractivity contribution in [2.24, 2.45) is 5.92 Å². The fourth-order valence-corrected chi connectivity index (χ4v) is 1.18. The highest BCUT2D eigenvalue weighted by molar-refractivity contribution is 5.82. The standard InChI is InChI=1S/C7H13NO/c1-2-6-5-8-4-3-7(6)9/h6,8H,2-5H2,1H3/t6-/m1/s1. The molecule has 0 saturated carbocycles. The van der Waals surface area contributed by atoms with Crippen LogP contribution in [0.15, 0.2) is 0 Å². The summed E-state index contributed by atoms with van der Waals surface area (Å²) in [5.74, 6) is 0.745. The zero-order chi connectivity index (χ0) is 6.69. The zero-order valence-electron chi connectivity index (χ0n) is 5.81. The summed E-state index contributed by atoms with van der Waals surface area (Å²) in [6.45, 7) is 3.85. The zero-order valence-corrected chi connectivity index (χ0v) is 5.81. The van der Waals surface area contributed by atoms with Crippen molar-refractivity contribution >= 4 is 5.78 Å². The van der Waals surface area contributed by atoms with Crippen LogP contribution in [0.4, 0.5) is 0 Å². The first-order valence-electron chi connectivity index (χ1n) is 3.58. The first-order chi connectivity index (χ1) is 4.34. The van der Waals surface area contributed by atoms with Crippen LogP contribution in [0, 0.1) is 5.92 Å². The second-order valence-electron chi connectivity index (χ2n) is 2.53. The summed E-state index contributed by atoms with van der Waals surface area (Å²) >= 11 is 0. The van der Waals surface area contributed by atoms with Crippen LogP contribution in [-0.4, -0.2) is 18.9 Å². The molecule has 0 radical (unpaired) electrons. The Balaban J connectivity index is 2.39. The van der Waals surface area contributed by atoms with Gasteiger partial charge < -0.3 is 5.32 Å². The van der Waals surface area contributed by atoms with E-state index in [1.807, 2.05) is 0 Å². The van der Waals surface area contributed by atoms with E-state index in [2.05, 4.69) is 12.2 Å². The third-order valence-electron chi connectivity index (χ3n) is 1.89. The topological polar surface area (TPSA) is 29.1 Å². The van der Waals surface area contributed by atoms with E-state index in [0.717, 1.165) is 25.9 Å². The second-order valence-corrected chi connectivity index (χ2v) is 2.53. The highest BCUT2D eigenvalue weighted by atomic mass is 16.1. The van der Waals surface area contributed by atoms with Crippen LogP contribution in [0.25, 0.3) is 0 Å². The molecule has 1 saturated heterocycles. The summed E-state index contributed by atoms with van der Waals surface area (Å²) in [5, 5.41) is 3.20. The van der Waals surface area contributed by atoms with Gasteiger partial charge in [0.1, 0.15) is 5.78 Å². The first-order valence-corrected chi connectivity index (χ1v) is 3.58. The van der Waals surface area contributed by atoms with Crippen molar-refractivity contribution in [1.29, 1.82) is 0 Å². The number of piperidine rings is 1. The summed E-state index contributed by atoms with van der Waals surface area (Å²) in [6.07, 6.45) is 1.73. The molecule has 0 bridgehead atoms. The molecule has 2 heteroatoms. The lowest BCUT2D eigenvalue weighted by Crippen LogP contribution is -2.36. The summed E-state index contributed by atoms with van der Waals surface area (Å²) in [5.41, 5.74) is 0. The molecule has 0 spiro atoms. The summed E-state index contributed by atoms with van der Waals surface area (Å²) in [4.78, 5) is 11.0. The van der Waals surface area contributed by atoms with E-state index in [1.54, 1.807) is 0 Å². The van der Waals surface area contributed by atoms with E-state index in [4.69, 9.17) is 0 Å². The maximum Gasteiger partial charge on any atom is 0.138 e. The Morgan fingerprint density at radius 2 is 2.56 bits per heavy atom. The van der Waals surface area contributed by atoms with Gasteiger partial charge in [0.05, 0.1) is 0 Å². The quantitative estimate of drug-likeness (QED) is 0.558. The molecule has 9 heavy (non-hydrogen) atoms. The predicted octanol–water partition coefficient (Wildman–Crippen LogP) is 0.575. The molecule has 0 aliphatic carbocycles. The molecular weight excluding hydrogens is 114 g/mol. The maximum absolute atomic E-state index is 11.0. The number of hydrogen-bond acceptors (Lipinski definition) is 2. The Hall–Kier alpha value is -0.370. The first kappa shape index (κ1) is 6.75. The molecular formula is C7H13NO. The predicted molar refractivity (Wildman–Crippen MR) is 36.3 cm³/mol. The van der Waals surface area contributed by atoms with Gasteiger partial charge in [-0.05, 0) is 6.42 Å². The average molecular weight is 127 g/mol. The molecule has 0 amide bonds. The van der Waals surface area contributed by atoms with E-state index < -0.39 is 0 Å². The van der Waals surface area contributed by atoms with Gasteiger partial charge in [-0.1, -0.05) is 6.92 Å². The Morgan fingerprint density at radius 3 is 3.00 bits per heavy atom. The maximum atomic E-state index is 11.0. The Kier molecular flexibility index (Phi) is 2.22. The Bertz CT molecular complexity index is 111. The number of rotatable bonds is 1. The van der Waals surface area contributed by atoms with Crippen molar-refractivity contribution in [2.75, 3.05) is 13.1 Å². The van der Waals surface area contributed by atoms with Crippen LogP contribution in [0.3, 0.4) is 0 Å². The smallest absolute Gasteiger partial charge is 0.138 e. The van der Waals surface area contributed by atoms with Crippen molar-refractivity contribution in [3.8, 4) is 0 Å². The largest absolute Gasteiger partial charge is 0.316 e.